The van der Waals surface area contributed by atoms with Gasteiger partial charge in [-0.25, -0.2) is 0 Å². The molecule has 0 saturated heterocycles. The van der Waals surface area contributed by atoms with Gasteiger partial charge >= 0.3 is 0 Å². The van der Waals surface area contributed by atoms with Gasteiger partial charge in [0.1, 0.15) is 5.02 Å². The van der Waals surface area contributed by atoms with E-state index in [1.165, 1.54) is 28.4 Å². The minimum atomic E-state index is -0.650. The third-order valence-electron chi connectivity index (χ3n) is 3.43. The molecule has 2 rings (SSSR count). The first kappa shape index (κ1) is 18.9. The Labute approximate surface area is 153 Å². The summed E-state index contributed by atoms with van der Waals surface area (Å²) in [7, 11) is 0. The molecular weight excluding hydrogens is 366 g/mol. The zero-order chi connectivity index (χ0) is 18.4. The quantitative estimate of drug-likeness (QED) is 0.589. The van der Waals surface area contributed by atoms with Gasteiger partial charge in [0.2, 0.25) is 5.91 Å². The number of rotatable bonds is 7. The van der Waals surface area contributed by atoms with Crippen molar-refractivity contribution in [2.45, 2.75) is 13.5 Å². The van der Waals surface area contributed by atoms with Gasteiger partial charge < -0.3 is 10.2 Å². The number of nitro benzene ring substituents is 1. The van der Waals surface area contributed by atoms with Gasteiger partial charge in [0, 0.05) is 23.1 Å². The molecular formula is C16H16ClN3O4S. The average molecular weight is 382 g/mol. The lowest BCUT2D eigenvalue weighted by Crippen LogP contribution is -2.40. The number of nitro groups is 1. The van der Waals surface area contributed by atoms with Crippen LogP contribution in [0.5, 0.6) is 0 Å². The maximum absolute atomic E-state index is 12.5. The summed E-state index contributed by atoms with van der Waals surface area (Å²) in [6.07, 6.45) is 0. The number of benzene rings is 1. The number of halogens is 1. The van der Waals surface area contributed by atoms with Crippen LogP contribution in [0.3, 0.4) is 0 Å². The maximum Gasteiger partial charge on any atom is 0.288 e. The number of carbonyl (C=O) groups excluding carboxylic acids is 2. The van der Waals surface area contributed by atoms with Crippen molar-refractivity contribution in [3.8, 4) is 0 Å². The van der Waals surface area contributed by atoms with Crippen molar-refractivity contribution in [3.05, 3.63) is 61.3 Å². The van der Waals surface area contributed by atoms with E-state index in [0.717, 1.165) is 10.9 Å². The molecule has 7 nitrogen and oxygen atoms in total. The van der Waals surface area contributed by atoms with Crippen molar-refractivity contribution in [2.24, 2.45) is 0 Å². The number of carbonyl (C=O) groups is 2. The first-order valence-electron chi connectivity index (χ1n) is 7.44. The molecule has 132 valence electrons. The lowest BCUT2D eigenvalue weighted by molar-refractivity contribution is -0.384. The zero-order valence-corrected chi connectivity index (χ0v) is 15.0. The molecule has 1 aromatic heterocycles. The predicted molar refractivity (Wildman–Crippen MR) is 95.8 cm³/mol. The minimum Gasteiger partial charge on any atom is -0.350 e. The SMILES string of the molecule is CCN(CC(=O)NCc1cccs1)C(=O)c1ccc(Cl)c([N+](=O)[O-])c1. The fourth-order valence-corrected chi connectivity index (χ4v) is 2.95. The highest BCUT2D eigenvalue weighted by molar-refractivity contribution is 7.09. The molecule has 0 bridgehead atoms. The summed E-state index contributed by atoms with van der Waals surface area (Å²) in [4.78, 5) is 37.2. The maximum atomic E-state index is 12.5. The van der Waals surface area contributed by atoms with Gasteiger partial charge in [-0.2, -0.15) is 0 Å². The Balaban J connectivity index is 2.04. The van der Waals surface area contributed by atoms with E-state index in [4.69, 9.17) is 11.6 Å². The summed E-state index contributed by atoms with van der Waals surface area (Å²) >= 11 is 7.28. The van der Waals surface area contributed by atoms with Crippen LogP contribution in [-0.4, -0.2) is 34.7 Å². The molecule has 0 atom stereocenters. The van der Waals surface area contributed by atoms with Gasteiger partial charge in [-0.3, -0.25) is 19.7 Å². The highest BCUT2D eigenvalue weighted by atomic mass is 35.5. The Morgan fingerprint density at radius 3 is 2.72 bits per heavy atom. The fraction of sp³-hybridized carbons (Fsp3) is 0.250. The fourth-order valence-electron chi connectivity index (χ4n) is 2.12. The van der Waals surface area contributed by atoms with Crippen molar-refractivity contribution < 1.29 is 14.5 Å². The lowest BCUT2D eigenvalue weighted by Gasteiger charge is -2.20. The summed E-state index contributed by atoms with van der Waals surface area (Å²) in [6, 6.07) is 7.63. The van der Waals surface area contributed by atoms with Crippen LogP contribution in [0.1, 0.15) is 22.2 Å². The number of likely N-dealkylation sites (N-methyl/N-ethyl adjacent to an activating group) is 1. The molecule has 1 aromatic carbocycles. The van der Waals surface area contributed by atoms with Gasteiger partial charge in [0.05, 0.1) is 18.0 Å². The number of amides is 2. The summed E-state index contributed by atoms with van der Waals surface area (Å²) < 4.78 is 0. The summed E-state index contributed by atoms with van der Waals surface area (Å²) in [5.41, 5.74) is -0.227. The highest BCUT2D eigenvalue weighted by Gasteiger charge is 2.21. The number of thiophene rings is 1. The number of hydrogen-bond donors (Lipinski definition) is 1. The molecule has 0 saturated carbocycles. The molecule has 2 aromatic rings. The van der Waals surface area contributed by atoms with Gasteiger partial charge in [-0.1, -0.05) is 17.7 Å². The topological polar surface area (TPSA) is 92.6 Å². The highest BCUT2D eigenvalue weighted by Crippen LogP contribution is 2.25. The van der Waals surface area contributed by atoms with Crippen LogP contribution in [0, 0.1) is 10.1 Å². The van der Waals surface area contributed by atoms with Crippen LogP contribution in [0.4, 0.5) is 5.69 Å². The second kappa shape index (κ2) is 8.59. The third-order valence-corrected chi connectivity index (χ3v) is 4.63. The standard InChI is InChI=1S/C16H16ClN3O4S/c1-2-19(10-15(21)18-9-12-4-3-7-25-12)16(22)11-5-6-13(17)14(8-11)20(23)24/h3-8H,2,9-10H2,1H3,(H,18,21). The van der Waals surface area contributed by atoms with E-state index < -0.39 is 10.8 Å². The molecule has 0 spiro atoms. The van der Waals surface area contributed by atoms with E-state index >= 15 is 0 Å². The Bertz CT molecular complexity index is 780. The number of nitrogens with one attached hydrogen (secondary N) is 1. The zero-order valence-electron chi connectivity index (χ0n) is 13.4. The van der Waals surface area contributed by atoms with Crippen molar-refractivity contribution in [2.75, 3.05) is 13.1 Å². The summed E-state index contributed by atoms with van der Waals surface area (Å²) in [5, 5.41) is 15.6. The average Bonchev–Trinajstić information content (AvgIpc) is 3.11. The first-order valence-corrected chi connectivity index (χ1v) is 8.70. The van der Waals surface area contributed by atoms with E-state index in [0.29, 0.717) is 13.1 Å². The third kappa shape index (κ3) is 5.01. The molecule has 9 heteroatoms. The summed E-state index contributed by atoms with van der Waals surface area (Å²) in [6.45, 7) is 2.29. The number of hydrogen-bond acceptors (Lipinski definition) is 5. The van der Waals surface area contributed by atoms with Crippen LogP contribution < -0.4 is 5.32 Å². The van der Waals surface area contributed by atoms with E-state index in [1.807, 2.05) is 17.5 Å². The van der Waals surface area contributed by atoms with E-state index in [1.54, 1.807) is 6.92 Å². The molecule has 0 aliphatic heterocycles. The van der Waals surface area contributed by atoms with Crippen LogP contribution in [0.2, 0.25) is 5.02 Å². The van der Waals surface area contributed by atoms with Crippen molar-refractivity contribution in [1.29, 1.82) is 0 Å². The monoisotopic (exact) mass is 381 g/mol. The molecule has 0 fully saturated rings. The van der Waals surface area contributed by atoms with Crippen LogP contribution >= 0.6 is 22.9 Å². The van der Waals surface area contributed by atoms with E-state index in [2.05, 4.69) is 5.32 Å². The first-order chi connectivity index (χ1) is 11.9. The minimum absolute atomic E-state index is 0.0433. The molecule has 0 unspecified atom stereocenters. The smallest absolute Gasteiger partial charge is 0.288 e. The van der Waals surface area contributed by atoms with Crippen LogP contribution in [0.25, 0.3) is 0 Å². The Hall–Kier alpha value is -2.45. The van der Waals surface area contributed by atoms with E-state index in [9.17, 15) is 19.7 Å². The normalized spacial score (nSPS) is 10.3. The Kier molecular flexibility index (Phi) is 6.49. The molecule has 1 heterocycles. The second-order valence-electron chi connectivity index (χ2n) is 5.10. The predicted octanol–water partition coefficient (Wildman–Crippen LogP) is 3.09. The Morgan fingerprint density at radius 2 is 2.12 bits per heavy atom. The number of nitrogens with zero attached hydrogens (tertiary/aromatic N) is 2. The lowest BCUT2D eigenvalue weighted by atomic mass is 10.1. The second-order valence-corrected chi connectivity index (χ2v) is 6.54. The van der Waals surface area contributed by atoms with E-state index in [-0.39, 0.29) is 28.7 Å². The molecule has 25 heavy (non-hydrogen) atoms. The van der Waals surface area contributed by atoms with Crippen molar-refractivity contribution in [1.82, 2.24) is 10.2 Å². The molecule has 2 amide bonds. The molecule has 0 aliphatic rings. The van der Waals surface area contributed by atoms with Crippen LogP contribution in [0.15, 0.2) is 35.7 Å². The molecule has 0 aliphatic carbocycles. The Morgan fingerprint density at radius 1 is 1.36 bits per heavy atom. The van der Waals surface area contributed by atoms with Crippen molar-refractivity contribution >= 4 is 40.4 Å². The molecule has 0 radical (unpaired) electrons. The van der Waals surface area contributed by atoms with Gasteiger partial charge in [-0.15, -0.1) is 11.3 Å². The van der Waals surface area contributed by atoms with Crippen molar-refractivity contribution in [3.63, 3.8) is 0 Å². The molecule has 1 N–H and O–H groups in total. The van der Waals surface area contributed by atoms with Crippen LogP contribution in [-0.2, 0) is 11.3 Å². The van der Waals surface area contributed by atoms with Gasteiger partial charge in [-0.05, 0) is 30.5 Å². The van der Waals surface area contributed by atoms with Gasteiger partial charge in [0.15, 0.2) is 0 Å². The summed E-state index contributed by atoms with van der Waals surface area (Å²) in [5.74, 6) is -0.763. The van der Waals surface area contributed by atoms with Gasteiger partial charge in [0.25, 0.3) is 11.6 Å². The largest absolute Gasteiger partial charge is 0.350 e.